The van der Waals surface area contributed by atoms with Crippen molar-refractivity contribution in [2.24, 2.45) is 4.99 Å². The van der Waals surface area contributed by atoms with E-state index < -0.39 is 0 Å². The van der Waals surface area contributed by atoms with E-state index >= 15 is 0 Å². The van der Waals surface area contributed by atoms with E-state index in [1.54, 1.807) is 0 Å². The smallest absolute Gasteiger partial charge is 0.241 e. The largest absolute Gasteiger partial charge is 0.437 e. The summed E-state index contributed by atoms with van der Waals surface area (Å²) in [6.07, 6.45) is 6.36. The van der Waals surface area contributed by atoms with E-state index in [4.69, 9.17) is 9.73 Å². The molecule has 2 aromatic rings. The third kappa shape index (κ3) is 1.46. The number of fused-ring (bicyclic) bond motifs is 6. The van der Waals surface area contributed by atoms with Gasteiger partial charge in [0.1, 0.15) is 11.4 Å². The van der Waals surface area contributed by atoms with E-state index in [0.29, 0.717) is 5.90 Å². The fraction of sp³-hybridized carbons (Fsp3) is 0.0556. The number of hydrogen-bond donors (Lipinski definition) is 0. The first kappa shape index (κ1) is 10.9. The molecule has 2 aromatic carbocycles. The van der Waals surface area contributed by atoms with Crippen molar-refractivity contribution in [3.8, 4) is 5.75 Å². The molecule has 3 nitrogen and oxygen atoms in total. The topological polar surface area (TPSA) is 24.8 Å². The normalized spacial score (nSPS) is 20.6. The van der Waals surface area contributed by atoms with Gasteiger partial charge in [0.05, 0.1) is 0 Å². The van der Waals surface area contributed by atoms with Crippen LogP contribution in [0.25, 0.3) is 12.2 Å². The SMILES string of the molecule is C1=CN2C3=Cc4ccccc4OC3=NC2c2ccccc21. The van der Waals surface area contributed by atoms with Crippen molar-refractivity contribution in [3.63, 3.8) is 0 Å². The maximum Gasteiger partial charge on any atom is 0.241 e. The Bertz CT molecular complexity index is 848. The van der Waals surface area contributed by atoms with Crippen molar-refractivity contribution < 1.29 is 4.74 Å². The van der Waals surface area contributed by atoms with E-state index in [9.17, 15) is 0 Å². The quantitative estimate of drug-likeness (QED) is 0.728. The minimum absolute atomic E-state index is 0.0123. The van der Waals surface area contributed by atoms with Crippen LogP contribution in [0.5, 0.6) is 5.75 Å². The number of para-hydroxylation sites is 1. The van der Waals surface area contributed by atoms with Crippen molar-refractivity contribution in [2.75, 3.05) is 0 Å². The molecule has 0 radical (unpaired) electrons. The molecule has 1 atom stereocenters. The Balaban J connectivity index is 1.68. The maximum atomic E-state index is 5.97. The third-order valence-corrected chi connectivity index (χ3v) is 4.11. The average Bonchev–Trinajstić information content (AvgIpc) is 2.90. The van der Waals surface area contributed by atoms with Gasteiger partial charge in [-0.15, -0.1) is 0 Å². The van der Waals surface area contributed by atoms with E-state index in [1.165, 1.54) is 11.1 Å². The van der Waals surface area contributed by atoms with Gasteiger partial charge in [-0.05, 0) is 23.8 Å². The molecule has 3 heterocycles. The van der Waals surface area contributed by atoms with Crippen molar-refractivity contribution >= 4 is 18.0 Å². The van der Waals surface area contributed by atoms with Gasteiger partial charge >= 0.3 is 0 Å². The molecule has 0 spiro atoms. The van der Waals surface area contributed by atoms with Gasteiger partial charge < -0.3 is 9.64 Å². The van der Waals surface area contributed by atoms with Crippen molar-refractivity contribution in [1.29, 1.82) is 0 Å². The minimum Gasteiger partial charge on any atom is -0.437 e. The number of aliphatic imine (C=N–C) groups is 1. The first-order chi connectivity index (χ1) is 10.4. The molecule has 0 fully saturated rings. The van der Waals surface area contributed by atoms with Gasteiger partial charge in [0.2, 0.25) is 5.90 Å². The molecule has 0 bridgehead atoms. The fourth-order valence-electron chi connectivity index (χ4n) is 3.08. The second-order valence-corrected chi connectivity index (χ2v) is 5.33. The summed E-state index contributed by atoms with van der Waals surface area (Å²) in [6, 6.07) is 16.4. The van der Waals surface area contributed by atoms with E-state index in [-0.39, 0.29) is 6.17 Å². The Hall–Kier alpha value is -2.81. The summed E-state index contributed by atoms with van der Waals surface area (Å²) >= 11 is 0. The lowest BCUT2D eigenvalue weighted by Gasteiger charge is -2.28. The summed E-state index contributed by atoms with van der Waals surface area (Å²) in [5.74, 6) is 1.58. The number of benzene rings is 2. The molecule has 0 aromatic heterocycles. The lowest BCUT2D eigenvalue weighted by atomic mass is 10.0. The number of hydrogen-bond acceptors (Lipinski definition) is 3. The van der Waals surface area contributed by atoms with Gasteiger partial charge in [0, 0.05) is 17.3 Å². The molecule has 0 aliphatic carbocycles. The highest BCUT2D eigenvalue weighted by Crippen LogP contribution is 2.42. The van der Waals surface area contributed by atoms with Gasteiger partial charge in [-0.3, -0.25) is 0 Å². The van der Waals surface area contributed by atoms with Gasteiger partial charge in [-0.25, -0.2) is 4.99 Å². The van der Waals surface area contributed by atoms with Crippen LogP contribution < -0.4 is 4.74 Å². The molecule has 3 aliphatic heterocycles. The van der Waals surface area contributed by atoms with Crippen LogP contribution in [0, 0.1) is 0 Å². The highest BCUT2D eigenvalue weighted by Gasteiger charge is 2.36. The summed E-state index contributed by atoms with van der Waals surface area (Å²) < 4.78 is 5.97. The summed E-state index contributed by atoms with van der Waals surface area (Å²) in [5.41, 5.74) is 4.57. The maximum absolute atomic E-state index is 5.97. The van der Waals surface area contributed by atoms with Crippen LogP contribution in [0.2, 0.25) is 0 Å². The number of nitrogens with zero attached hydrogens (tertiary/aromatic N) is 2. The predicted molar refractivity (Wildman–Crippen MR) is 82.5 cm³/mol. The molecule has 0 amide bonds. The standard InChI is InChI=1S/C18H12N2O/c1-3-7-14-12(5-1)9-10-20-15-11-13-6-2-4-8-16(13)21-18(15)19-17(14)20/h1-11,17H. The third-order valence-electron chi connectivity index (χ3n) is 4.11. The van der Waals surface area contributed by atoms with E-state index in [1.807, 2.05) is 18.2 Å². The summed E-state index contributed by atoms with van der Waals surface area (Å²) in [7, 11) is 0. The minimum atomic E-state index is -0.0123. The fourth-order valence-corrected chi connectivity index (χ4v) is 3.08. The molecule has 1 unspecified atom stereocenters. The van der Waals surface area contributed by atoms with Gasteiger partial charge in [-0.1, -0.05) is 42.5 Å². The Morgan fingerprint density at radius 3 is 2.71 bits per heavy atom. The molecule has 5 rings (SSSR count). The summed E-state index contributed by atoms with van der Waals surface area (Å²) in [5, 5.41) is 0. The second kappa shape index (κ2) is 3.85. The van der Waals surface area contributed by atoms with Crippen LogP contribution in [0.1, 0.15) is 22.9 Å². The number of ether oxygens (including phenoxy) is 1. The summed E-state index contributed by atoms with van der Waals surface area (Å²) in [6.45, 7) is 0. The zero-order valence-electron chi connectivity index (χ0n) is 11.2. The molecule has 0 N–H and O–H groups in total. The molecule has 3 heteroatoms. The van der Waals surface area contributed by atoms with Gasteiger partial charge in [0.15, 0.2) is 6.17 Å². The molecule has 3 aliphatic rings. The molecular weight excluding hydrogens is 260 g/mol. The Morgan fingerprint density at radius 1 is 0.952 bits per heavy atom. The predicted octanol–water partition coefficient (Wildman–Crippen LogP) is 3.82. The van der Waals surface area contributed by atoms with E-state index in [2.05, 4.69) is 53.6 Å². The average molecular weight is 272 g/mol. The van der Waals surface area contributed by atoms with Gasteiger partial charge in [0.25, 0.3) is 0 Å². The van der Waals surface area contributed by atoms with Gasteiger partial charge in [-0.2, -0.15) is 0 Å². The van der Waals surface area contributed by atoms with Crippen molar-refractivity contribution in [1.82, 2.24) is 4.90 Å². The monoisotopic (exact) mass is 272 g/mol. The number of rotatable bonds is 0. The van der Waals surface area contributed by atoms with Crippen LogP contribution in [-0.4, -0.2) is 10.8 Å². The molecular formula is C18H12N2O. The first-order valence-electron chi connectivity index (χ1n) is 7.02. The van der Waals surface area contributed by atoms with Crippen LogP contribution >= 0.6 is 0 Å². The lowest BCUT2D eigenvalue weighted by molar-refractivity contribution is 0.393. The van der Waals surface area contributed by atoms with Crippen LogP contribution in [-0.2, 0) is 0 Å². The van der Waals surface area contributed by atoms with Crippen LogP contribution in [0.4, 0.5) is 0 Å². The summed E-state index contributed by atoms with van der Waals surface area (Å²) in [4.78, 5) is 6.95. The Kier molecular flexibility index (Phi) is 2.00. The van der Waals surface area contributed by atoms with Crippen molar-refractivity contribution in [2.45, 2.75) is 6.17 Å². The highest BCUT2D eigenvalue weighted by atomic mass is 16.5. The molecule has 0 saturated heterocycles. The second-order valence-electron chi connectivity index (χ2n) is 5.33. The van der Waals surface area contributed by atoms with E-state index in [0.717, 1.165) is 17.0 Å². The first-order valence-corrected chi connectivity index (χ1v) is 7.02. The molecule has 21 heavy (non-hydrogen) atoms. The zero-order chi connectivity index (χ0) is 13.8. The Morgan fingerprint density at radius 2 is 1.76 bits per heavy atom. The zero-order valence-corrected chi connectivity index (χ0v) is 11.2. The molecule has 0 saturated carbocycles. The van der Waals surface area contributed by atoms with Crippen molar-refractivity contribution in [3.05, 3.63) is 77.1 Å². The lowest BCUT2D eigenvalue weighted by Crippen LogP contribution is -2.24. The molecule has 100 valence electrons. The highest BCUT2D eigenvalue weighted by molar-refractivity contribution is 6.03. The van der Waals surface area contributed by atoms with Crippen LogP contribution in [0.3, 0.4) is 0 Å². The Labute approximate surface area is 122 Å². The van der Waals surface area contributed by atoms with Crippen LogP contribution in [0.15, 0.2) is 65.4 Å².